The summed E-state index contributed by atoms with van der Waals surface area (Å²) in [5.74, 6) is -1.08. The van der Waals surface area contributed by atoms with Crippen molar-refractivity contribution in [3.63, 3.8) is 0 Å². The van der Waals surface area contributed by atoms with Crippen LogP contribution in [0, 0.1) is 6.92 Å². The number of hydrogen-bond acceptors (Lipinski definition) is 5. The molecule has 0 saturated carbocycles. The first-order valence-electron chi connectivity index (χ1n) is 8.17. The van der Waals surface area contributed by atoms with Gasteiger partial charge >= 0.3 is 12.1 Å². The van der Waals surface area contributed by atoms with Gasteiger partial charge in [-0.15, -0.1) is 5.10 Å². The zero-order valence-corrected chi connectivity index (χ0v) is 14.0. The second kappa shape index (κ2) is 7.33. The predicted octanol–water partition coefficient (Wildman–Crippen LogP) is 2.26. The van der Waals surface area contributed by atoms with Crippen LogP contribution >= 0.6 is 0 Å². The summed E-state index contributed by atoms with van der Waals surface area (Å²) in [6.07, 6.45) is 1.04. The number of aromatic nitrogens is 3. The van der Waals surface area contributed by atoms with Crippen LogP contribution in [0.2, 0.25) is 0 Å². The highest BCUT2D eigenvalue weighted by Crippen LogP contribution is 2.24. The van der Waals surface area contributed by atoms with E-state index in [2.05, 4.69) is 10.3 Å². The van der Waals surface area contributed by atoms with Gasteiger partial charge in [0.2, 0.25) is 0 Å². The van der Waals surface area contributed by atoms with Gasteiger partial charge in [-0.3, -0.25) is 0 Å². The van der Waals surface area contributed by atoms with Crippen LogP contribution in [0.25, 0.3) is 0 Å². The Morgan fingerprint density at radius 3 is 2.52 bits per heavy atom. The van der Waals surface area contributed by atoms with Gasteiger partial charge in [-0.25, -0.2) is 14.3 Å². The van der Waals surface area contributed by atoms with Crippen molar-refractivity contribution in [3.8, 4) is 0 Å². The third-order valence-corrected chi connectivity index (χ3v) is 4.40. The van der Waals surface area contributed by atoms with E-state index < -0.39 is 5.97 Å². The highest BCUT2D eigenvalue weighted by Gasteiger charge is 2.27. The number of ether oxygens (including phenoxy) is 1. The third-order valence-electron chi connectivity index (χ3n) is 4.40. The second-order valence-electron chi connectivity index (χ2n) is 6.03. The SMILES string of the molecule is Cc1c(C(=O)O)nnn1C1CCN(C(=O)OCc2ccccc2)CC1. The summed E-state index contributed by atoms with van der Waals surface area (Å²) in [6.45, 7) is 3.04. The summed E-state index contributed by atoms with van der Waals surface area (Å²) in [7, 11) is 0. The van der Waals surface area contributed by atoms with Crippen LogP contribution in [0.15, 0.2) is 30.3 Å². The number of piperidine rings is 1. The van der Waals surface area contributed by atoms with Gasteiger partial charge in [-0.05, 0) is 25.3 Å². The number of likely N-dealkylation sites (tertiary alicyclic amines) is 1. The molecule has 1 fully saturated rings. The van der Waals surface area contributed by atoms with Crippen molar-refractivity contribution in [3.05, 3.63) is 47.3 Å². The predicted molar refractivity (Wildman–Crippen MR) is 88.2 cm³/mol. The average molecular weight is 344 g/mol. The molecule has 0 atom stereocenters. The van der Waals surface area contributed by atoms with Crippen molar-refractivity contribution in [2.75, 3.05) is 13.1 Å². The molecule has 2 heterocycles. The van der Waals surface area contributed by atoms with E-state index in [1.165, 1.54) is 0 Å². The van der Waals surface area contributed by atoms with Crippen molar-refractivity contribution in [2.45, 2.75) is 32.4 Å². The van der Waals surface area contributed by atoms with E-state index in [4.69, 9.17) is 9.84 Å². The number of hydrogen-bond donors (Lipinski definition) is 1. The van der Waals surface area contributed by atoms with E-state index in [9.17, 15) is 9.59 Å². The Balaban J connectivity index is 1.53. The van der Waals surface area contributed by atoms with Gasteiger partial charge in [-0.2, -0.15) is 0 Å². The first-order chi connectivity index (χ1) is 12.1. The van der Waals surface area contributed by atoms with Crippen LogP contribution in [-0.2, 0) is 11.3 Å². The van der Waals surface area contributed by atoms with E-state index >= 15 is 0 Å². The zero-order chi connectivity index (χ0) is 17.8. The van der Waals surface area contributed by atoms with Gasteiger partial charge in [0.25, 0.3) is 0 Å². The number of carboxylic acids is 1. The van der Waals surface area contributed by atoms with Gasteiger partial charge in [0.15, 0.2) is 5.69 Å². The highest BCUT2D eigenvalue weighted by molar-refractivity contribution is 5.86. The number of nitrogens with zero attached hydrogens (tertiary/aromatic N) is 4. The Hall–Kier alpha value is -2.90. The van der Waals surface area contributed by atoms with E-state index in [-0.39, 0.29) is 24.4 Å². The molecule has 8 heteroatoms. The molecule has 0 aliphatic carbocycles. The van der Waals surface area contributed by atoms with E-state index in [1.807, 2.05) is 30.3 Å². The molecule has 0 spiro atoms. The van der Waals surface area contributed by atoms with Crippen LogP contribution in [0.1, 0.15) is 40.6 Å². The fourth-order valence-corrected chi connectivity index (χ4v) is 2.99. The van der Waals surface area contributed by atoms with Gasteiger partial charge in [0.05, 0.1) is 11.7 Å². The summed E-state index contributed by atoms with van der Waals surface area (Å²) < 4.78 is 6.99. The van der Waals surface area contributed by atoms with E-state index in [1.54, 1.807) is 16.5 Å². The minimum Gasteiger partial charge on any atom is -0.476 e. The van der Waals surface area contributed by atoms with Gasteiger partial charge in [0, 0.05) is 13.1 Å². The Morgan fingerprint density at radius 1 is 1.24 bits per heavy atom. The number of carbonyl (C=O) groups excluding carboxylic acids is 1. The smallest absolute Gasteiger partial charge is 0.410 e. The maximum Gasteiger partial charge on any atom is 0.410 e. The molecule has 25 heavy (non-hydrogen) atoms. The second-order valence-corrected chi connectivity index (χ2v) is 6.03. The molecule has 3 rings (SSSR count). The van der Waals surface area contributed by atoms with Crippen LogP contribution in [-0.4, -0.2) is 50.2 Å². The summed E-state index contributed by atoms with van der Waals surface area (Å²) in [5, 5.41) is 16.7. The number of carbonyl (C=O) groups is 2. The van der Waals surface area contributed by atoms with Crippen LogP contribution in [0.4, 0.5) is 4.79 Å². The van der Waals surface area contributed by atoms with Crippen LogP contribution < -0.4 is 0 Å². The van der Waals surface area contributed by atoms with Crippen molar-refractivity contribution < 1.29 is 19.4 Å². The van der Waals surface area contributed by atoms with Crippen molar-refractivity contribution in [1.29, 1.82) is 0 Å². The summed E-state index contributed by atoms with van der Waals surface area (Å²) in [6, 6.07) is 9.58. The van der Waals surface area contributed by atoms with Crippen LogP contribution in [0.3, 0.4) is 0 Å². The molecule has 0 bridgehead atoms. The molecular formula is C17H20N4O4. The topological polar surface area (TPSA) is 97.5 Å². The standard InChI is InChI=1S/C17H20N4O4/c1-12-15(16(22)23)18-19-21(12)14-7-9-20(10-8-14)17(24)25-11-13-5-3-2-4-6-13/h2-6,14H,7-11H2,1H3,(H,22,23). The molecule has 1 saturated heterocycles. The number of rotatable bonds is 4. The lowest BCUT2D eigenvalue weighted by molar-refractivity contribution is 0.0689. The summed E-state index contributed by atoms with van der Waals surface area (Å²) in [4.78, 5) is 24.9. The Labute approximate surface area is 145 Å². The Morgan fingerprint density at radius 2 is 1.92 bits per heavy atom. The normalized spacial score (nSPS) is 15.2. The minimum atomic E-state index is -1.08. The van der Waals surface area contributed by atoms with Gasteiger partial charge in [-0.1, -0.05) is 35.5 Å². The lowest BCUT2D eigenvalue weighted by Crippen LogP contribution is -2.39. The average Bonchev–Trinajstić information content (AvgIpc) is 3.02. The Bertz CT molecular complexity index is 751. The van der Waals surface area contributed by atoms with E-state index in [0.717, 1.165) is 5.56 Å². The van der Waals surface area contributed by atoms with Crippen molar-refractivity contribution in [1.82, 2.24) is 19.9 Å². The molecule has 8 nitrogen and oxygen atoms in total. The molecular weight excluding hydrogens is 324 g/mol. The molecule has 132 valence electrons. The molecule has 0 radical (unpaired) electrons. The Kier molecular flexibility index (Phi) is 4.97. The van der Waals surface area contributed by atoms with Gasteiger partial charge < -0.3 is 14.7 Å². The molecule has 1 aromatic carbocycles. The molecule has 1 N–H and O–H groups in total. The van der Waals surface area contributed by atoms with Crippen molar-refractivity contribution >= 4 is 12.1 Å². The van der Waals surface area contributed by atoms with E-state index in [0.29, 0.717) is 31.6 Å². The highest BCUT2D eigenvalue weighted by atomic mass is 16.6. The molecule has 1 amide bonds. The maximum absolute atomic E-state index is 12.2. The lowest BCUT2D eigenvalue weighted by atomic mass is 10.1. The third kappa shape index (κ3) is 3.78. The summed E-state index contributed by atoms with van der Waals surface area (Å²) in [5.41, 5.74) is 1.47. The lowest BCUT2D eigenvalue weighted by Gasteiger charge is -2.31. The van der Waals surface area contributed by atoms with Crippen molar-refractivity contribution in [2.24, 2.45) is 0 Å². The molecule has 2 aromatic rings. The summed E-state index contributed by atoms with van der Waals surface area (Å²) >= 11 is 0. The number of amides is 1. The van der Waals surface area contributed by atoms with Gasteiger partial charge in [0.1, 0.15) is 6.61 Å². The molecule has 1 aliphatic rings. The monoisotopic (exact) mass is 344 g/mol. The number of carboxylic acid groups (broad SMARTS) is 1. The maximum atomic E-state index is 12.2. The molecule has 1 aliphatic heterocycles. The fourth-order valence-electron chi connectivity index (χ4n) is 2.99. The van der Waals surface area contributed by atoms with Crippen LogP contribution in [0.5, 0.6) is 0 Å². The largest absolute Gasteiger partial charge is 0.476 e. The number of aromatic carboxylic acids is 1. The minimum absolute atomic E-state index is 0.0234. The number of benzene rings is 1. The molecule has 1 aromatic heterocycles. The molecule has 0 unspecified atom stereocenters. The zero-order valence-electron chi connectivity index (χ0n) is 14.0. The quantitative estimate of drug-likeness (QED) is 0.913. The first kappa shape index (κ1) is 16.9. The first-order valence-corrected chi connectivity index (χ1v) is 8.17. The fraction of sp³-hybridized carbons (Fsp3) is 0.412.